The van der Waals surface area contributed by atoms with Crippen molar-refractivity contribution in [2.24, 2.45) is 0 Å². The topological polar surface area (TPSA) is 62.4 Å². The van der Waals surface area contributed by atoms with E-state index in [2.05, 4.69) is 15.1 Å². The largest absolute Gasteiger partial charge is 0.424 e. The number of hydrogen-bond donors (Lipinski definition) is 1. The fourth-order valence-corrected chi connectivity index (χ4v) is 1.89. The van der Waals surface area contributed by atoms with Crippen LogP contribution in [0.5, 0.6) is 0 Å². The van der Waals surface area contributed by atoms with Gasteiger partial charge in [-0.3, -0.25) is 4.90 Å². The second-order valence-corrected chi connectivity index (χ2v) is 3.66. The summed E-state index contributed by atoms with van der Waals surface area (Å²) in [6, 6.07) is 0.266. The molecule has 0 bridgehead atoms. The number of aryl methyl sites for hydroxylation is 1. The minimum atomic E-state index is 0.215. The van der Waals surface area contributed by atoms with E-state index in [1.807, 2.05) is 0 Å². The van der Waals surface area contributed by atoms with E-state index < -0.39 is 0 Å². The molecule has 0 aromatic carbocycles. The minimum absolute atomic E-state index is 0.215. The molecule has 1 fully saturated rings. The quantitative estimate of drug-likeness (QED) is 0.756. The third kappa shape index (κ3) is 1.93. The summed E-state index contributed by atoms with van der Waals surface area (Å²) in [5.74, 6) is 1.24. The lowest BCUT2D eigenvalue weighted by Crippen LogP contribution is -2.31. The van der Waals surface area contributed by atoms with E-state index in [4.69, 9.17) is 9.52 Å². The third-order valence-corrected chi connectivity index (χ3v) is 2.62. The zero-order valence-corrected chi connectivity index (χ0v) is 8.31. The second kappa shape index (κ2) is 4.06. The van der Waals surface area contributed by atoms with Gasteiger partial charge in [-0.25, -0.2) is 0 Å². The average molecular weight is 197 g/mol. The molecule has 1 saturated heterocycles. The summed E-state index contributed by atoms with van der Waals surface area (Å²) in [5, 5.41) is 16.8. The molecular weight excluding hydrogens is 182 g/mol. The number of aliphatic hydroxyl groups is 1. The molecule has 0 saturated carbocycles. The van der Waals surface area contributed by atoms with Crippen molar-refractivity contribution in [2.45, 2.75) is 32.4 Å². The van der Waals surface area contributed by atoms with Crippen LogP contribution in [0.4, 0.5) is 0 Å². The lowest BCUT2D eigenvalue weighted by atomic mass is 10.2. The number of likely N-dealkylation sites (tertiary alicyclic amines) is 1. The molecule has 0 unspecified atom stereocenters. The fraction of sp³-hybridized carbons (Fsp3) is 0.778. The van der Waals surface area contributed by atoms with Crippen molar-refractivity contribution >= 4 is 0 Å². The van der Waals surface area contributed by atoms with Crippen molar-refractivity contribution in [3.05, 3.63) is 11.8 Å². The van der Waals surface area contributed by atoms with Crippen LogP contribution in [0.3, 0.4) is 0 Å². The Morgan fingerprint density at radius 1 is 1.57 bits per heavy atom. The Bertz CT molecular complexity index is 300. The maximum Gasteiger partial charge on any atom is 0.230 e. The number of aromatic nitrogens is 2. The first-order chi connectivity index (χ1) is 6.79. The predicted molar refractivity (Wildman–Crippen MR) is 49.6 cm³/mol. The second-order valence-electron chi connectivity index (χ2n) is 3.66. The standard InChI is InChI=1S/C9H15N3O2/c1-7-10-11-9(14-7)5-12-4-2-3-8(12)6-13/h8,13H,2-6H2,1H3/t8-/m1/s1. The molecule has 0 amide bonds. The van der Waals surface area contributed by atoms with E-state index in [-0.39, 0.29) is 12.6 Å². The molecule has 1 N–H and O–H groups in total. The zero-order valence-electron chi connectivity index (χ0n) is 8.31. The molecular formula is C9H15N3O2. The molecule has 1 aromatic rings. The average Bonchev–Trinajstić information content (AvgIpc) is 2.76. The van der Waals surface area contributed by atoms with Gasteiger partial charge in [0.25, 0.3) is 0 Å². The van der Waals surface area contributed by atoms with E-state index in [0.717, 1.165) is 19.4 Å². The summed E-state index contributed by atoms with van der Waals surface area (Å²) in [4.78, 5) is 2.19. The highest BCUT2D eigenvalue weighted by atomic mass is 16.4. The van der Waals surface area contributed by atoms with Crippen LogP contribution in [0.25, 0.3) is 0 Å². The summed E-state index contributed by atoms with van der Waals surface area (Å²) in [6.45, 7) is 3.66. The van der Waals surface area contributed by atoms with Gasteiger partial charge in [0.15, 0.2) is 0 Å². The molecule has 1 aliphatic rings. The summed E-state index contributed by atoms with van der Waals surface area (Å²) in [6.07, 6.45) is 2.20. The summed E-state index contributed by atoms with van der Waals surface area (Å²) in [5.41, 5.74) is 0. The van der Waals surface area contributed by atoms with Gasteiger partial charge in [0.05, 0.1) is 13.2 Å². The van der Waals surface area contributed by atoms with Gasteiger partial charge in [-0.15, -0.1) is 10.2 Å². The molecule has 2 heterocycles. The first-order valence-corrected chi connectivity index (χ1v) is 4.93. The molecule has 1 atom stereocenters. The molecule has 78 valence electrons. The van der Waals surface area contributed by atoms with Crippen LogP contribution in [0.1, 0.15) is 24.6 Å². The number of rotatable bonds is 3. The van der Waals surface area contributed by atoms with Gasteiger partial charge >= 0.3 is 0 Å². The fourth-order valence-electron chi connectivity index (χ4n) is 1.89. The Kier molecular flexibility index (Phi) is 2.79. The number of aliphatic hydroxyl groups excluding tert-OH is 1. The number of nitrogens with zero attached hydrogens (tertiary/aromatic N) is 3. The molecule has 1 aromatic heterocycles. The Morgan fingerprint density at radius 3 is 3.07 bits per heavy atom. The van der Waals surface area contributed by atoms with Gasteiger partial charge in [-0.2, -0.15) is 0 Å². The Hall–Kier alpha value is -0.940. The highest BCUT2D eigenvalue weighted by Gasteiger charge is 2.24. The molecule has 2 rings (SSSR count). The first-order valence-electron chi connectivity index (χ1n) is 4.93. The van der Waals surface area contributed by atoms with E-state index in [9.17, 15) is 0 Å². The molecule has 0 spiro atoms. The van der Waals surface area contributed by atoms with E-state index in [1.54, 1.807) is 6.92 Å². The zero-order chi connectivity index (χ0) is 9.97. The number of hydrogen-bond acceptors (Lipinski definition) is 5. The monoisotopic (exact) mass is 197 g/mol. The van der Waals surface area contributed by atoms with Crippen molar-refractivity contribution in [1.82, 2.24) is 15.1 Å². The van der Waals surface area contributed by atoms with Crippen molar-refractivity contribution in [2.75, 3.05) is 13.2 Å². The van der Waals surface area contributed by atoms with E-state index in [1.165, 1.54) is 0 Å². The van der Waals surface area contributed by atoms with Crippen LogP contribution in [-0.2, 0) is 6.54 Å². The molecule has 1 aliphatic heterocycles. The third-order valence-electron chi connectivity index (χ3n) is 2.62. The van der Waals surface area contributed by atoms with E-state index >= 15 is 0 Å². The minimum Gasteiger partial charge on any atom is -0.424 e. The molecule has 5 nitrogen and oxygen atoms in total. The maximum absolute atomic E-state index is 9.11. The molecule has 5 heteroatoms. The Morgan fingerprint density at radius 2 is 2.43 bits per heavy atom. The smallest absolute Gasteiger partial charge is 0.230 e. The van der Waals surface area contributed by atoms with Crippen molar-refractivity contribution in [3.63, 3.8) is 0 Å². The summed E-state index contributed by atoms with van der Waals surface area (Å²) in [7, 11) is 0. The van der Waals surface area contributed by atoms with E-state index in [0.29, 0.717) is 18.3 Å². The van der Waals surface area contributed by atoms with Gasteiger partial charge in [0.1, 0.15) is 0 Å². The predicted octanol–water partition coefficient (Wildman–Crippen LogP) is 0.335. The van der Waals surface area contributed by atoms with Crippen molar-refractivity contribution < 1.29 is 9.52 Å². The van der Waals surface area contributed by atoms with Crippen LogP contribution in [0.15, 0.2) is 4.42 Å². The summed E-state index contributed by atoms with van der Waals surface area (Å²) >= 11 is 0. The van der Waals surface area contributed by atoms with Crippen molar-refractivity contribution in [3.8, 4) is 0 Å². The lowest BCUT2D eigenvalue weighted by molar-refractivity contribution is 0.144. The summed E-state index contributed by atoms with van der Waals surface area (Å²) < 4.78 is 5.29. The lowest BCUT2D eigenvalue weighted by Gasteiger charge is -2.20. The van der Waals surface area contributed by atoms with Crippen LogP contribution >= 0.6 is 0 Å². The Balaban J connectivity index is 1.96. The SMILES string of the molecule is Cc1nnc(CN2CCC[C@@H]2CO)o1. The maximum atomic E-state index is 9.11. The van der Waals surface area contributed by atoms with Crippen LogP contribution in [0.2, 0.25) is 0 Å². The normalized spacial score (nSPS) is 23.1. The van der Waals surface area contributed by atoms with Gasteiger partial charge in [0.2, 0.25) is 11.8 Å². The highest BCUT2D eigenvalue weighted by molar-refractivity contribution is 4.85. The van der Waals surface area contributed by atoms with Gasteiger partial charge in [0, 0.05) is 13.0 Å². The molecule has 14 heavy (non-hydrogen) atoms. The van der Waals surface area contributed by atoms with Crippen LogP contribution in [-0.4, -0.2) is 39.4 Å². The van der Waals surface area contributed by atoms with Gasteiger partial charge < -0.3 is 9.52 Å². The van der Waals surface area contributed by atoms with Crippen LogP contribution < -0.4 is 0 Å². The van der Waals surface area contributed by atoms with Crippen molar-refractivity contribution in [1.29, 1.82) is 0 Å². The highest BCUT2D eigenvalue weighted by Crippen LogP contribution is 2.18. The first kappa shape index (κ1) is 9.61. The van der Waals surface area contributed by atoms with Gasteiger partial charge in [-0.1, -0.05) is 0 Å². The molecule has 0 aliphatic carbocycles. The van der Waals surface area contributed by atoms with Gasteiger partial charge in [-0.05, 0) is 19.4 Å². The van der Waals surface area contributed by atoms with Crippen LogP contribution in [0, 0.1) is 6.92 Å². The molecule has 0 radical (unpaired) electrons. The Labute approximate surface area is 82.7 Å².